The molecular formula is C35H45N3O2. The predicted molar refractivity (Wildman–Crippen MR) is 165 cm³/mol. The van der Waals surface area contributed by atoms with Crippen molar-refractivity contribution in [3.05, 3.63) is 94.8 Å². The van der Waals surface area contributed by atoms with Crippen LogP contribution in [0.1, 0.15) is 79.9 Å². The van der Waals surface area contributed by atoms with Crippen molar-refractivity contribution in [1.82, 2.24) is 14.9 Å². The number of nitrogens with one attached hydrogen (secondary N) is 1. The lowest BCUT2D eigenvalue weighted by Crippen LogP contribution is -2.26. The van der Waals surface area contributed by atoms with Gasteiger partial charge in [-0.1, -0.05) is 68.8 Å². The summed E-state index contributed by atoms with van der Waals surface area (Å²) in [5.74, 6) is 2.73. The van der Waals surface area contributed by atoms with Crippen molar-refractivity contribution in [3.63, 3.8) is 0 Å². The van der Waals surface area contributed by atoms with Gasteiger partial charge in [-0.3, -0.25) is 4.79 Å². The highest BCUT2D eigenvalue weighted by Crippen LogP contribution is 2.28. The third-order valence-corrected chi connectivity index (χ3v) is 7.57. The number of unbranched alkanes of at least 4 members (excludes halogenated alkanes) is 3. The number of benzene rings is 3. The van der Waals surface area contributed by atoms with E-state index >= 15 is 0 Å². The molecule has 40 heavy (non-hydrogen) atoms. The number of aromatic nitrogens is 2. The van der Waals surface area contributed by atoms with Gasteiger partial charge < -0.3 is 14.6 Å². The van der Waals surface area contributed by atoms with Crippen LogP contribution in [0.3, 0.4) is 0 Å². The molecule has 0 unspecified atom stereocenters. The molecule has 0 bridgehead atoms. The normalized spacial score (nSPS) is 11.3. The highest BCUT2D eigenvalue weighted by molar-refractivity contribution is 5.78. The summed E-state index contributed by atoms with van der Waals surface area (Å²) in [6.45, 7) is 11.0. The zero-order valence-corrected chi connectivity index (χ0v) is 24.7. The molecular weight excluding hydrogens is 494 g/mol. The van der Waals surface area contributed by atoms with Gasteiger partial charge in [-0.15, -0.1) is 0 Å². The maximum atomic E-state index is 12.3. The van der Waals surface area contributed by atoms with Gasteiger partial charge in [-0.05, 0) is 85.9 Å². The number of hydrogen-bond acceptors (Lipinski definition) is 3. The van der Waals surface area contributed by atoms with E-state index in [1.807, 2.05) is 18.2 Å². The van der Waals surface area contributed by atoms with Crippen molar-refractivity contribution in [2.75, 3.05) is 13.2 Å². The lowest BCUT2D eigenvalue weighted by molar-refractivity contribution is -0.120. The Bertz CT molecular complexity index is 1390. The van der Waals surface area contributed by atoms with Crippen LogP contribution in [0.25, 0.3) is 11.0 Å². The lowest BCUT2D eigenvalue weighted by Gasteiger charge is -2.15. The van der Waals surface area contributed by atoms with Crippen molar-refractivity contribution in [3.8, 4) is 5.75 Å². The Balaban J connectivity index is 1.22. The molecule has 0 fully saturated rings. The SMILES string of the molecule is Cc1ccc(C(C)C)c(OCCCCn2c(CCCCCNC(=O)Cc3ccccc3C)nc3ccccc32)c1. The molecule has 0 aliphatic rings. The molecule has 0 saturated heterocycles. The molecule has 1 amide bonds. The van der Waals surface area contributed by atoms with E-state index in [0.29, 0.717) is 12.3 Å². The van der Waals surface area contributed by atoms with Gasteiger partial charge in [0.2, 0.25) is 5.91 Å². The van der Waals surface area contributed by atoms with Crippen LogP contribution in [-0.2, 0) is 24.2 Å². The number of para-hydroxylation sites is 2. The van der Waals surface area contributed by atoms with E-state index in [1.54, 1.807) is 0 Å². The molecule has 0 spiro atoms. The summed E-state index contributed by atoms with van der Waals surface area (Å²) in [5.41, 5.74) is 7.06. The fourth-order valence-electron chi connectivity index (χ4n) is 5.22. The maximum absolute atomic E-state index is 12.3. The van der Waals surface area contributed by atoms with Gasteiger partial charge in [0.1, 0.15) is 11.6 Å². The van der Waals surface area contributed by atoms with E-state index in [-0.39, 0.29) is 5.91 Å². The molecule has 212 valence electrons. The Hall–Kier alpha value is -3.60. The second-order valence-corrected chi connectivity index (χ2v) is 11.2. The van der Waals surface area contributed by atoms with Crippen LogP contribution in [0.5, 0.6) is 5.75 Å². The molecule has 0 aliphatic heterocycles. The summed E-state index contributed by atoms with van der Waals surface area (Å²) in [5, 5.41) is 3.08. The van der Waals surface area contributed by atoms with E-state index in [2.05, 4.69) is 86.1 Å². The van der Waals surface area contributed by atoms with Gasteiger partial charge in [0, 0.05) is 19.5 Å². The number of amides is 1. The number of fused-ring (bicyclic) bond motifs is 1. The minimum absolute atomic E-state index is 0.0999. The van der Waals surface area contributed by atoms with Crippen LogP contribution in [0, 0.1) is 13.8 Å². The van der Waals surface area contributed by atoms with Crippen LogP contribution >= 0.6 is 0 Å². The first-order chi connectivity index (χ1) is 19.4. The van der Waals surface area contributed by atoms with E-state index in [9.17, 15) is 4.79 Å². The zero-order chi connectivity index (χ0) is 28.3. The minimum atomic E-state index is 0.0999. The number of nitrogens with zero attached hydrogens (tertiary/aromatic N) is 2. The highest BCUT2D eigenvalue weighted by atomic mass is 16.5. The van der Waals surface area contributed by atoms with Gasteiger partial charge in [-0.25, -0.2) is 4.98 Å². The van der Waals surface area contributed by atoms with E-state index in [1.165, 1.54) is 22.2 Å². The minimum Gasteiger partial charge on any atom is -0.493 e. The summed E-state index contributed by atoms with van der Waals surface area (Å²) in [4.78, 5) is 17.3. The van der Waals surface area contributed by atoms with Gasteiger partial charge >= 0.3 is 0 Å². The average molecular weight is 540 g/mol. The van der Waals surface area contributed by atoms with Crippen molar-refractivity contribution in [2.24, 2.45) is 0 Å². The molecule has 1 aromatic heterocycles. The Morgan fingerprint density at radius 2 is 1.73 bits per heavy atom. The number of carbonyl (C=O) groups excluding carboxylic acids is 1. The first-order valence-electron chi connectivity index (χ1n) is 14.9. The van der Waals surface area contributed by atoms with Crippen molar-refractivity contribution >= 4 is 16.9 Å². The van der Waals surface area contributed by atoms with Gasteiger partial charge in [0.05, 0.1) is 24.1 Å². The first-order valence-corrected chi connectivity index (χ1v) is 14.9. The molecule has 0 atom stereocenters. The third kappa shape index (κ3) is 8.20. The lowest BCUT2D eigenvalue weighted by atomic mass is 10.0. The van der Waals surface area contributed by atoms with Crippen molar-refractivity contribution < 1.29 is 9.53 Å². The van der Waals surface area contributed by atoms with Crippen molar-refractivity contribution in [1.29, 1.82) is 0 Å². The monoisotopic (exact) mass is 539 g/mol. The molecule has 5 nitrogen and oxygen atoms in total. The van der Waals surface area contributed by atoms with E-state index in [0.717, 1.165) is 80.9 Å². The van der Waals surface area contributed by atoms with Gasteiger partial charge in [-0.2, -0.15) is 0 Å². The van der Waals surface area contributed by atoms with Crippen LogP contribution in [0.15, 0.2) is 66.7 Å². The van der Waals surface area contributed by atoms with Crippen LogP contribution in [0.2, 0.25) is 0 Å². The van der Waals surface area contributed by atoms with E-state index in [4.69, 9.17) is 9.72 Å². The Kier molecular flexibility index (Phi) is 10.8. The maximum Gasteiger partial charge on any atom is 0.224 e. The van der Waals surface area contributed by atoms with E-state index < -0.39 is 0 Å². The largest absolute Gasteiger partial charge is 0.493 e. The summed E-state index contributed by atoms with van der Waals surface area (Å²) < 4.78 is 8.61. The molecule has 1 N–H and O–H groups in total. The number of rotatable bonds is 15. The number of aryl methyl sites for hydroxylation is 4. The molecule has 0 radical (unpaired) electrons. The second kappa shape index (κ2) is 14.7. The van der Waals surface area contributed by atoms with Gasteiger partial charge in [0.15, 0.2) is 0 Å². The van der Waals surface area contributed by atoms with Crippen molar-refractivity contribution in [2.45, 2.75) is 85.1 Å². The number of hydrogen-bond donors (Lipinski definition) is 1. The topological polar surface area (TPSA) is 56.1 Å². The standard InChI is InChI=1S/C35H45N3O2/c1-26(2)30-20-19-27(3)24-33(30)40-23-13-12-22-38-32-17-10-9-16-31(32)37-34(38)18-6-5-11-21-36-35(39)25-29-15-8-7-14-28(29)4/h7-10,14-17,19-20,24,26H,5-6,11-13,18,21-23,25H2,1-4H3,(H,36,39). The van der Waals surface area contributed by atoms with Crippen LogP contribution in [-0.4, -0.2) is 28.6 Å². The predicted octanol–water partition coefficient (Wildman–Crippen LogP) is 7.71. The molecule has 5 heteroatoms. The Morgan fingerprint density at radius 3 is 2.55 bits per heavy atom. The highest BCUT2D eigenvalue weighted by Gasteiger charge is 2.11. The molecule has 0 saturated carbocycles. The first kappa shape index (κ1) is 29.4. The van der Waals surface area contributed by atoms with Gasteiger partial charge in [0.25, 0.3) is 0 Å². The number of imidazole rings is 1. The molecule has 4 aromatic rings. The Morgan fingerprint density at radius 1 is 0.925 bits per heavy atom. The quantitative estimate of drug-likeness (QED) is 0.157. The second-order valence-electron chi connectivity index (χ2n) is 11.2. The van der Waals surface area contributed by atoms with Crippen LogP contribution < -0.4 is 10.1 Å². The molecule has 0 aliphatic carbocycles. The number of ether oxygens (including phenoxy) is 1. The summed E-state index contributed by atoms with van der Waals surface area (Å²) in [6, 6.07) is 23.0. The molecule has 4 rings (SSSR count). The zero-order valence-electron chi connectivity index (χ0n) is 24.7. The summed E-state index contributed by atoms with van der Waals surface area (Å²) >= 11 is 0. The fourth-order valence-corrected chi connectivity index (χ4v) is 5.22. The molecule has 3 aromatic carbocycles. The third-order valence-electron chi connectivity index (χ3n) is 7.57. The molecule has 1 heterocycles. The Labute approximate surface area is 240 Å². The average Bonchev–Trinajstić information content (AvgIpc) is 3.29. The summed E-state index contributed by atoms with van der Waals surface area (Å²) in [6.07, 6.45) is 6.55. The summed E-state index contributed by atoms with van der Waals surface area (Å²) in [7, 11) is 0. The fraction of sp³-hybridized carbons (Fsp3) is 0.429. The number of carbonyl (C=O) groups is 1. The smallest absolute Gasteiger partial charge is 0.224 e. The van der Waals surface area contributed by atoms with Crippen LogP contribution in [0.4, 0.5) is 0 Å².